The van der Waals surface area contributed by atoms with E-state index in [1.807, 2.05) is 0 Å². The van der Waals surface area contributed by atoms with Crippen molar-refractivity contribution in [1.82, 2.24) is 9.88 Å². The van der Waals surface area contributed by atoms with Gasteiger partial charge in [0.2, 0.25) is 5.91 Å². The molecule has 0 saturated heterocycles. The minimum Gasteiger partial charge on any atom is -0.399 e. The minimum absolute atomic E-state index is 0.145. The van der Waals surface area contributed by atoms with Crippen LogP contribution in [-0.4, -0.2) is 23.6 Å². The van der Waals surface area contributed by atoms with Gasteiger partial charge in [0.25, 0.3) is 5.56 Å². The quantitative estimate of drug-likeness (QED) is 0.718. The molecule has 1 heterocycles. The predicted octanol–water partition coefficient (Wildman–Crippen LogP) is 0.667. The van der Waals surface area contributed by atoms with Gasteiger partial charge in [-0.05, 0) is 25.1 Å². The van der Waals surface area contributed by atoms with Crippen molar-refractivity contribution in [3.05, 3.63) is 34.6 Å². The fourth-order valence-electron chi connectivity index (χ4n) is 2.11. The molecule has 20 heavy (non-hydrogen) atoms. The maximum absolute atomic E-state index is 12.0. The molecule has 1 amide bonds. The number of nitrogens with one attached hydrogen (secondary N) is 2. The highest BCUT2D eigenvalue weighted by molar-refractivity contribution is 5.95. The first-order valence-electron chi connectivity index (χ1n) is 6.31. The molecule has 6 heteroatoms. The zero-order valence-corrected chi connectivity index (χ0v) is 11.7. The number of nitrogen functional groups attached to an aromatic ring is 1. The van der Waals surface area contributed by atoms with E-state index in [2.05, 4.69) is 10.6 Å². The standard InChI is InChI=1S/C14H18N4O2/c1-8(14(20)16-2)17-11-7-13(19)18(3)12-5-4-9(15)6-10(11)12/h4-8,17H,15H2,1-3H3,(H,16,20). The summed E-state index contributed by atoms with van der Waals surface area (Å²) in [5, 5.41) is 6.42. The van der Waals surface area contributed by atoms with Gasteiger partial charge >= 0.3 is 0 Å². The molecule has 0 radical (unpaired) electrons. The summed E-state index contributed by atoms with van der Waals surface area (Å²) in [6.45, 7) is 1.73. The molecule has 0 saturated carbocycles. The van der Waals surface area contributed by atoms with Gasteiger partial charge in [0.05, 0.1) is 5.52 Å². The van der Waals surface area contributed by atoms with Crippen LogP contribution < -0.4 is 21.9 Å². The van der Waals surface area contributed by atoms with Crippen molar-refractivity contribution in [2.75, 3.05) is 18.1 Å². The van der Waals surface area contributed by atoms with Gasteiger partial charge in [0, 0.05) is 36.9 Å². The number of amides is 1. The number of hydrogen-bond acceptors (Lipinski definition) is 4. The van der Waals surface area contributed by atoms with Crippen LogP contribution in [0.4, 0.5) is 11.4 Å². The number of fused-ring (bicyclic) bond motifs is 1. The van der Waals surface area contributed by atoms with Crippen molar-refractivity contribution in [1.29, 1.82) is 0 Å². The summed E-state index contributed by atoms with van der Waals surface area (Å²) in [4.78, 5) is 23.5. The lowest BCUT2D eigenvalue weighted by atomic mass is 10.1. The van der Waals surface area contributed by atoms with Crippen LogP contribution in [0.25, 0.3) is 10.9 Å². The molecule has 0 fully saturated rings. The lowest BCUT2D eigenvalue weighted by Crippen LogP contribution is -2.35. The van der Waals surface area contributed by atoms with E-state index in [1.54, 1.807) is 43.8 Å². The highest BCUT2D eigenvalue weighted by Gasteiger charge is 2.14. The Labute approximate surface area is 116 Å². The molecule has 1 aromatic carbocycles. The van der Waals surface area contributed by atoms with Crippen LogP contribution in [0.2, 0.25) is 0 Å². The molecule has 6 nitrogen and oxygen atoms in total. The first-order valence-corrected chi connectivity index (χ1v) is 6.31. The highest BCUT2D eigenvalue weighted by atomic mass is 16.2. The van der Waals surface area contributed by atoms with E-state index < -0.39 is 6.04 Å². The number of nitrogens with zero attached hydrogens (tertiary/aromatic N) is 1. The molecule has 1 atom stereocenters. The summed E-state index contributed by atoms with van der Waals surface area (Å²) in [6.07, 6.45) is 0. The first kappa shape index (κ1) is 13.9. The average molecular weight is 274 g/mol. The van der Waals surface area contributed by atoms with E-state index in [0.717, 1.165) is 10.9 Å². The maximum atomic E-state index is 12.0. The lowest BCUT2D eigenvalue weighted by Gasteiger charge is -2.17. The number of aryl methyl sites for hydroxylation is 1. The SMILES string of the molecule is CNC(=O)C(C)Nc1cc(=O)n(C)c2ccc(N)cc12. The van der Waals surface area contributed by atoms with E-state index in [-0.39, 0.29) is 11.5 Å². The summed E-state index contributed by atoms with van der Waals surface area (Å²) < 4.78 is 1.55. The Hall–Kier alpha value is -2.50. The fourth-order valence-corrected chi connectivity index (χ4v) is 2.11. The molecule has 1 unspecified atom stereocenters. The minimum atomic E-state index is -0.447. The van der Waals surface area contributed by atoms with Crippen LogP contribution in [0.1, 0.15) is 6.92 Å². The second-order valence-corrected chi connectivity index (χ2v) is 4.71. The highest BCUT2D eigenvalue weighted by Crippen LogP contribution is 2.24. The number of anilines is 2. The molecule has 4 N–H and O–H groups in total. The summed E-state index contributed by atoms with van der Waals surface area (Å²) in [6, 6.07) is 6.35. The van der Waals surface area contributed by atoms with E-state index in [4.69, 9.17) is 5.73 Å². The first-order chi connectivity index (χ1) is 9.43. The van der Waals surface area contributed by atoms with Gasteiger partial charge in [-0.1, -0.05) is 0 Å². The predicted molar refractivity (Wildman–Crippen MR) is 80.8 cm³/mol. The third-order valence-electron chi connectivity index (χ3n) is 3.28. The zero-order chi connectivity index (χ0) is 14.9. The van der Waals surface area contributed by atoms with Gasteiger partial charge in [-0.15, -0.1) is 0 Å². The van der Waals surface area contributed by atoms with Crippen molar-refractivity contribution < 1.29 is 4.79 Å². The van der Waals surface area contributed by atoms with Crippen molar-refractivity contribution >= 4 is 28.2 Å². The normalized spacial score (nSPS) is 12.2. The number of likely N-dealkylation sites (N-methyl/N-ethyl adjacent to an activating group) is 1. The molecule has 106 valence electrons. The molecular formula is C14H18N4O2. The third kappa shape index (κ3) is 2.45. The largest absolute Gasteiger partial charge is 0.399 e. The molecule has 2 rings (SSSR count). The maximum Gasteiger partial charge on any atom is 0.252 e. The van der Waals surface area contributed by atoms with E-state index in [9.17, 15) is 9.59 Å². The Kier molecular flexibility index (Phi) is 3.65. The summed E-state index contributed by atoms with van der Waals surface area (Å²) >= 11 is 0. The number of carbonyl (C=O) groups is 1. The molecule has 0 spiro atoms. The van der Waals surface area contributed by atoms with Gasteiger partial charge in [-0.3, -0.25) is 9.59 Å². The van der Waals surface area contributed by atoms with Gasteiger partial charge in [0.1, 0.15) is 6.04 Å². The topological polar surface area (TPSA) is 89.2 Å². The van der Waals surface area contributed by atoms with Gasteiger partial charge in [0.15, 0.2) is 0 Å². The number of carbonyl (C=O) groups excluding carboxylic acids is 1. The van der Waals surface area contributed by atoms with Crippen LogP contribution in [0.3, 0.4) is 0 Å². The number of aromatic nitrogens is 1. The van der Waals surface area contributed by atoms with Crippen molar-refractivity contribution in [3.63, 3.8) is 0 Å². The smallest absolute Gasteiger partial charge is 0.252 e. The molecule has 2 aromatic rings. The summed E-state index contributed by atoms with van der Waals surface area (Å²) in [5.41, 5.74) is 7.63. The molecule has 1 aromatic heterocycles. The van der Waals surface area contributed by atoms with E-state index in [1.165, 1.54) is 6.07 Å². The van der Waals surface area contributed by atoms with E-state index in [0.29, 0.717) is 11.4 Å². The lowest BCUT2D eigenvalue weighted by molar-refractivity contribution is -0.121. The Balaban J connectivity index is 2.58. The third-order valence-corrected chi connectivity index (χ3v) is 3.28. The number of nitrogens with two attached hydrogens (primary N) is 1. The van der Waals surface area contributed by atoms with Crippen LogP contribution >= 0.6 is 0 Å². The molecule has 0 aliphatic carbocycles. The van der Waals surface area contributed by atoms with Gasteiger partial charge < -0.3 is 20.9 Å². The number of pyridine rings is 1. The molecule has 0 bridgehead atoms. The zero-order valence-electron chi connectivity index (χ0n) is 11.7. The van der Waals surface area contributed by atoms with Gasteiger partial charge in [-0.2, -0.15) is 0 Å². The van der Waals surface area contributed by atoms with E-state index >= 15 is 0 Å². The Bertz CT molecular complexity index is 721. The summed E-state index contributed by atoms with van der Waals surface area (Å²) in [7, 11) is 3.27. The van der Waals surface area contributed by atoms with Gasteiger partial charge in [-0.25, -0.2) is 0 Å². The number of hydrogen-bond donors (Lipinski definition) is 3. The summed E-state index contributed by atoms with van der Waals surface area (Å²) in [5.74, 6) is -0.150. The second-order valence-electron chi connectivity index (χ2n) is 4.71. The average Bonchev–Trinajstić information content (AvgIpc) is 2.43. The van der Waals surface area contributed by atoms with Crippen molar-refractivity contribution in [2.45, 2.75) is 13.0 Å². The Morgan fingerprint density at radius 3 is 2.70 bits per heavy atom. The Morgan fingerprint density at radius 2 is 2.05 bits per heavy atom. The van der Waals surface area contributed by atoms with Crippen molar-refractivity contribution in [3.8, 4) is 0 Å². The number of benzene rings is 1. The van der Waals surface area contributed by atoms with Crippen LogP contribution in [0.5, 0.6) is 0 Å². The van der Waals surface area contributed by atoms with Crippen LogP contribution in [-0.2, 0) is 11.8 Å². The number of rotatable bonds is 3. The molecule has 0 aliphatic heterocycles. The van der Waals surface area contributed by atoms with Crippen molar-refractivity contribution in [2.24, 2.45) is 7.05 Å². The fraction of sp³-hybridized carbons (Fsp3) is 0.286. The van der Waals surface area contributed by atoms with Crippen LogP contribution in [0.15, 0.2) is 29.1 Å². The van der Waals surface area contributed by atoms with Crippen LogP contribution in [0, 0.1) is 0 Å². The monoisotopic (exact) mass is 274 g/mol. The molecule has 0 aliphatic rings. The Morgan fingerprint density at radius 1 is 1.35 bits per heavy atom. The second kappa shape index (κ2) is 5.24. The molecular weight excluding hydrogens is 256 g/mol.